The van der Waals surface area contributed by atoms with Gasteiger partial charge in [0.2, 0.25) is 0 Å². The first kappa shape index (κ1) is 13.8. The van der Waals surface area contributed by atoms with Crippen molar-refractivity contribution in [2.75, 3.05) is 6.61 Å². The third-order valence-electron chi connectivity index (χ3n) is 4.00. The second-order valence-corrected chi connectivity index (χ2v) is 5.71. The van der Waals surface area contributed by atoms with Gasteiger partial charge in [-0.05, 0) is 18.9 Å². The molecule has 0 unspecified atom stereocenters. The molecule has 1 aliphatic rings. The molecule has 112 valence electrons. The third-order valence-corrected chi connectivity index (χ3v) is 4.00. The maximum Gasteiger partial charge on any atom is 0.294 e. The third kappa shape index (κ3) is 2.97. The van der Waals surface area contributed by atoms with Gasteiger partial charge in [0.05, 0.1) is 21.5 Å². The zero-order valence-corrected chi connectivity index (χ0v) is 11.7. The van der Waals surface area contributed by atoms with Gasteiger partial charge < -0.3 is 15.5 Å². The summed E-state index contributed by atoms with van der Waals surface area (Å²) in [5, 5.41) is 10.7. The fraction of sp³-hybridized carbons (Fsp3) is 0.500. The number of nitrogens with zero attached hydrogens (tertiary/aromatic N) is 2. The first-order valence-corrected chi connectivity index (χ1v) is 7.12. The van der Waals surface area contributed by atoms with E-state index in [9.17, 15) is 10.1 Å². The Kier molecular flexibility index (Phi) is 3.50. The average molecular weight is 290 g/mol. The van der Waals surface area contributed by atoms with Gasteiger partial charge in [-0.25, -0.2) is 0 Å². The molecule has 0 radical (unpaired) electrons. The minimum atomic E-state index is -0.433. The van der Waals surface area contributed by atoms with Crippen molar-refractivity contribution in [1.29, 1.82) is 0 Å². The second-order valence-electron chi connectivity index (χ2n) is 5.71. The summed E-state index contributed by atoms with van der Waals surface area (Å²) in [7, 11) is 0. The monoisotopic (exact) mass is 290 g/mol. The van der Waals surface area contributed by atoms with E-state index >= 15 is 0 Å². The van der Waals surface area contributed by atoms with E-state index in [1.54, 1.807) is 6.07 Å². The molecule has 0 spiro atoms. The molecule has 2 aromatic rings. The summed E-state index contributed by atoms with van der Waals surface area (Å²) in [6, 6.07) is 4.85. The van der Waals surface area contributed by atoms with E-state index in [1.165, 1.54) is 18.6 Å². The van der Waals surface area contributed by atoms with Crippen LogP contribution in [0.25, 0.3) is 11.0 Å². The second kappa shape index (κ2) is 5.33. The summed E-state index contributed by atoms with van der Waals surface area (Å²) in [4.78, 5) is 17.5. The SMILES string of the molecule is NC1(COc2nc3ccc([N+](=O)[O-])cc3[nH]2)CCCCC1. The number of aromatic amines is 1. The Morgan fingerprint density at radius 3 is 2.86 bits per heavy atom. The van der Waals surface area contributed by atoms with Crippen LogP contribution in [0.5, 0.6) is 6.01 Å². The van der Waals surface area contributed by atoms with E-state index in [2.05, 4.69) is 9.97 Å². The van der Waals surface area contributed by atoms with Gasteiger partial charge in [0.1, 0.15) is 6.61 Å². The normalized spacial score (nSPS) is 17.8. The van der Waals surface area contributed by atoms with Crippen LogP contribution in [0.4, 0.5) is 5.69 Å². The summed E-state index contributed by atoms with van der Waals surface area (Å²) in [5.74, 6) is 0. The highest BCUT2D eigenvalue weighted by molar-refractivity contribution is 5.78. The van der Waals surface area contributed by atoms with Gasteiger partial charge in [0.15, 0.2) is 0 Å². The molecule has 0 aliphatic heterocycles. The number of nitro groups is 1. The first-order chi connectivity index (χ1) is 10.1. The number of nitro benzene ring substituents is 1. The number of hydrogen-bond donors (Lipinski definition) is 2. The zero-order chi connectivity index (χ0) is 14.9. The summed E-state index contributed by atoms with van der Waals surface area (Å²) < 4.78 is 5.67. The molecular weight excluding hydrogens is 272 g/mol. The van der Waals surface area contributed by atoms with E-state index in [0.717, 1.165) is 25.7 Å². The van der Waals surface area contributed by atoms with Gasteiger partial charge >= 0.3 is 0 Å². The number of benzene rings is 1. The molecule has 1 fully saturated rings. The first-order valence-electron chi connectivity index (χ1n) is 7.12. The number of aromatic nitrogens is 2. The molecule has 0 amide bonds. The molecular formula is C14H18N4O3. The number of imidazole rings is 1. The van der Waals surface area contributed by atoms with Gasteiger partial charge in [-0.2, -0.15) is 4.98 Å². The van der Waals surface area contributed by atoms with E-state index in [-0.39, 0.29) is 11.2 Å². The van der Waals surface area contributed by atoms with E-state index in [4.69, 9.17) is 10.5 Å². The molecule has 0 bridgehead atoms. The maximum absolute atomic E-state index is 10.7. The number of fused-ring (bicyclic) bond motifs is 1. The van der Waals surface area contributed by atoms with Crippen molar-refractivity contribution in [3.63, 3.8) is 0 Å². The standard InChI is InChI=1S/C14H18N4O3/c15-14(6-2-1-3-7-14)9-21-13-16-11-5-4-10(18(19)20)8-12(11)17-13/h4-5,8H,1-3,6-7,9,15H2,(H,16,17). The van der Waals surface area contributed by atoms with Crippen molar-refractivity contribution in [2.45, 2.75) is 37.6 Å². The Balaban J connectivity index is 1.73. The molecule has 1 heterocycles. The van der Waals surface area contributed by atoms with Crippen molar-refractivity contribution in [2.24, 2.45) is 5.73 Å². The van der Waals surface area contributed by atoms with Crippen LogP contribution < -0.4 is 10.5 Å². The topological polar surface area (TPSA) is 107 Å². The Morgan fingerprint density at radius 1 is 1.38 bits per heavy atom. The number of rotatable bonds is 4. The predicted molar refractivity (Wildman–Crippen MR) is 78.2 cm³/mol. The molecule has 21 heavy (non-hydrogen) atoms. The summed E-state index contributed by atoms with van der Waals surface area (Å²) in [6.45, 7) is 0.412. The Bertz CT molecular complexity index is 661. The lowest BCUT2D eigenvalue weighted by Crippen LogP contribution is -2.47. The number of nitrogens with one attached hydrogen (secondary N) is 1. The lowest BCUT2D eigenvalue weighted by Gasteiger charge is -2.32. The highest BCUT2D eigenvalue weighted by Gasteiger charge is 2.28. The van der Waals surface area contributed by atoms with Gasteiger partial charge in [0.25, 0.3) is 11.7 Å². The fourth-order valence-corrected chi connectivity index (χ4v) is 2.77. The van der Waals surface area contributed by atoms with Gasteiger partial charge in [-0.15, -0.1) is 0 Å². The largest absolute Gasteiger partial charge is 0.463 e. The summed E-state index contributed by atoms with van der Waals surface area (Å²) in [5.41, 5.74) is 7.28. The number of nitrogens with two attached hydrogens (primary N) is 1. The number of hydrogen-bond acceptors (Lipinski definition) is 5. The lowest BCUT2D eigenvalue weighted by atomic mass is 9.83. The van der Waals surface area contributed by atoms with Crippen LogP contribution in [0.1, 0.15) is 32.1 Å². The van der Waals surface area contributed by atoms with Crippen molar-refractivity contribution in [3.8, 4) is 6.01 Å². The Labute approximate surface area is 121 Å². The van der Waals surface area contributed by atoms with Gasteiger partial charge in [0, 0.05) is 12.1 Å². The van der Waals surface area contributed by atoms with Gasteiger partial charge in [-0.3, -0.25) is 10.1 Å². The van der Waals surface area contributed by atoms with Crippen LogP contribution in [0.3, 0.4) is 0 Å². The molecule has 7 nitrogen and oxygen atoms in total. The number of H-pyrrole nitrogens is 1. The van der Waals surface area contributed by atoms with E-state index < -0.39 is 4.92 Å². The Hall–Kier alpha value is -2.15. The minimum Gasteiger partial charge on any atom is -0.463 e. The molecule has 3 N–H and O–H groups in total. The Morgan fingerprint density at radius 2 is 2.14 bits per heavy atom. The number of ether oxygens (including phenoxy) is 1. The van der Waals surface area contributed by atoms with Crippen LogP contribution in [-0.4, -0.2) is 27.0 Å². The van der Waals surface area contributed by atoms with Crippen molar-refractivity contribution in [1.82, 2.24) is 9.97 Å². The quantitative estimate of drug-likeness (QED) is 0.664. The highest BCUT2D eigenvalue weighted by Crippen LogP contribution is 2.27. The van der Waals surface area contributed by atoms with Crippen LogP contribution in [0.15, 0.2) is 18.2 Å². The molecule has 0 atom stereocenters. The van der Waals surface area contributed by atoms with Crippen LogP contribution in [-0.2, 0) is 0 Å². The van der Waals surface area contributed by atoms with Crippen LogP contribution in [0.2, 0.25) is 0 Å². The minimum absolute atomic E-state index is 0.0280. The smallest absolute Gasteiger partial charge is 0.294 e. The van der Waals surface area contributed by atoms with Gasteiger partial charge in [-0.1, -0.05) is 19.3 Å². The lowest BCUT2D eigenvalue weighted by molar-refractivity contribution is -0.384. The van der Waals surface area contributed by atoms with Crippen molar-refractivity contribution < 1.29 is 9.66 Å². The van der Waals surface area contributed by atoms with Crippen molar-refractivity contribution in [3.05, 3.63) is 28.3 Å². The van der Waals surface area contributed by atoms with E-state index in [0.29, 0.717) is 23.7 Å². The molecule has 1 aliphatic carbocycles. The zero-order valence-electron chi connectivity index (χ0n) is 11.7. The maximum atomic E-state index is 10.7. The molecule has 1 aromatic carbocycles. The molecule has 3 rings (SSSR count). The molecule has 7 heteroatoms. The van der Waals surface area contributed by atoms with E-state index in [1.807, 2.05) is 0 Å². The van der Waals surface area contributed by atoms with Crippen LogP contribution in [0, 0.1) is 10.1 Å². The average Bonchev–Trinajstić information content (AvgIpc) is 2.88. The molecule has 0 saturated heterocycles. The number of non-ortho nitro benzene ring substituents is 1. The predicted octanol–water partition coefficient (Wildman–Crippen LogP) is 2.51. The molecule has 1 saturated carbocycles. The molecule has 1 aromatic heterocycles. The summed E-state index contributed by atoms with van der Waals surface area (Å²) in [6.07, 6.45) is 5.41. The van der Waals surface area contributed by atoms with Crippen molar-refractivity contribution >= 4 is 16.7 Å². The highest BCUT2D eigenvalue weighted by atomic mass is 16.6. The van der Waals surface area contributed by atoms with Crippen LogP contribution >= 0.6 is 0 Å². The fourth-order valence-electron chi connectivity index (χ4n) is 2.77. The summed E-state index contributed by atoms with van der Waals surface area (Å²) >= 11 is 0.